The molecule has 0 heterocycles. The molecule has 2 aromatic carbocycles. The molecule has 0 aliphatic heterocycles. The number of rotatable bonds is 4. The highest BCUT2D eigenvalue weighted by atomic mass is 79.9. The van der Waals surface area contributed by atoms with Crippen LogP contribution in [0.1, 0.15) is 5.56 Å². The van der Waals surface area contributed by atoms with Crippen LogP contribution >= 0.6 is 28.1 Å². The second-order valence-corrected chi connectivity index (χ2v) is 5.38. The minimum atomic E-state index is -0.433. The zero-order valence-electron chi connectivity index (χ0n) is 10.6. The molecule has 0 spiro atoms. The minimum Gasteiger partial charge on any atom is -0.495 e. The van der Waals surface area contributed by atoms with E-state index in [0.717, 1.165) is 4.47 Å². The average molecular weight is 355 g/mol. The van der Waals surface area contributed by atoms with E-state index >= 15 is 0 Å². The van der Waals surface area contributed by atoms with Gasteiger partial charge >= 0.3 is 0 Å². The Labute approximate surface area is 130 Å². The molecule has 0 radical (unpaired) electrons. The summed E-state index contributed by atoms with van der Waals surface area (Å²) in [4.78, 5) is 0.162. The average Bonchev–Trinajstić information content (AvgIpc) is 2.41. The van der Waals surface area contributed by atoms with Crippen LogP contribution in [0.4, 0.5) is 15.8 Å². The first-order valence-corrected chi connectivity index (χ1v) is 6.91. The lowest BCUT2D eigenvalue weighted by molar-refractivity contribution is 0.416. The Balaban J connectivity index is 2.35. The van der Waals surface area contributed by atoms with E-state index in [1.54, 1.807) is 31.4 Å². The normalized spacial score (nSPS) is 10.2. The van der Waals surface area contributed by atoms with Crippen LogP contribution in [0.3, 0.4) is 0 Å². The molecular weight excluding hydrogens is 343 g/mol. The number of hydrogen-bond acceptors (Lipinski definition) is 3. The maximum absolute atomic E-state index is 14.0. The molecule has 0 aromatic heterocycles. The van der Waals surface area contributed by atoms with E-state index < -0.39 is 5.82 Å². The molecule has 20 heavy (non-hydrogen) atoms. The predicted molar refractivity (Wildman–Crippen MR) is 86.3 cm³/mol. The van der Waals surface area contributed by atoms with Crippen LogP contribution in [0, 0.1) is 5.82 Å². The highest BCUT2D eigenvalue weighted by molar-refractivity contribution is 9.10. The van der Waals surface area contributed by atoms with Crippen molar-refractivity contribution in [2.45, 2.75) is 0 Å². The summed E-state index contributed by atoms with van der Waals surface area (Å²) >= 11 is 8.18. The number of anilines is 2. The molecule has 3 nitrogen and oxygen atoms in total. The molecule has 0 amide bonds. The van der Waals surface area contributed by atoms with Crippen LogP contribution in [0.2, 0.25) is 0 Å². The summed E-state index contributed by atoms with van der Waals surface area (Å²) in [5.74, 6) is 0.184. The fourth-order valence-electron chi connectivity index (χ4n) is 1.69. The molecule has 0 fully saturated rings. The van der Waals surface area contributed by atoms with Gasteiger partial charge in [0.2, 0.25) is 0 Å². The van der Waals surface area contributed by atoms with Gasteiger partial charge in [0.15, 0.2) is 0 Å². The van der Waals surface area contributed by atoms with Crippen molar-refractivity contribution in [2.75, 3.05) is 12.4 Å². The molecule has 0 bridgehead atoms. The van der Waals surface area contributed by atoms with E-state index in [9.17, 15) is 4.39 Å². The van der Waals surface area contributed by atoms with E-state index in [1.165, 1.54) is 6.07 Å². The highest BCUT2D eigenvalue weighted by Crippen LogP contribution is 2.31. The largest absolute Gasteiger partial charge is 0.495 e. The smallest absolute Gasteiger partial charge is 0.147 e. The second-order valence-electron chi connectivity index (χ2n) is 4.03. The van der Waals surface area contributed by atoms with Gasteiger partial charge < -0.3 is 15.8 Å². The lowest BCUT2D eigenvalue weighted by atomic mass is 10.2. The van der Waals surface area contributed by atoms with E-state index in [-0.39, 0.29) is 4.99 Å². The molecule has 2 aromatic rings. The summed E-state index contributed by atoms with van der Waals surface area (Å²) in [6, 6.07) is 9.99. The summed E-state index contributed by atoms with van der Waals surface area (Å²) < 4.78 is 20.1. The van der Waals surface area contributed by atoms with Crippen LogP contribution < -0.4 is 15.8 Å². The van der Waals surface area contributed by atoms with E-state index in [2.05, 4.69) is 21.2 Å². The van der Waals surface area contributed by atoms with E-state index in [1.807, 2.05) is 6.07 Å². The third-order valence-electron chi connectivity index (χ3n) is 2.68. The Morgan fingerprint density at radius 2 is 2.00 bits per heavy atom. The number of benzene rings is 2. The Hall–Kier alpha value is -1.66. The lowest BCUT2D eigenvalue weighted by Gasteiger charge is -2.13. The molecule has 3 N–H and O–H groups in total. The summed E-state index contributed by atoms with van der Waals surface area (Å²) in [5, 5.41) is 2.98. The van der Waals surface area contributed by atoms with E-state index in [4.69, 9.17) is 22.7 Å². The maximum Gasteiger partial charge on any atom is 0.147 e. The van der Waals surface area contributed by atoms with Gasteiger partial charge in [-0.1, -0.05) is 28.1 Å². The Kier molecular flexibility index (Phi) is 4.57. The third kappa shape index (κ3) is 3.26. The number of halogens is 2. The van der Waals surface area contributed by atoms with Gasteiger partial charge in [0, 0.05) is 10.0 Å². The van der Waals surface area contributed by atoms with Gasteiger partial charge in [0.1, 0.15) is 16.6 Å². The third-order valence-corrected chi connectivity index (χ3v) is 3.41. The first kappa shape index (κ1) is 14.7. The van der Waals surface area contributed by atoms with Crippen molar-refractivity contribution in [3.8, 4) is 5.75 Å². The van der Waals surface area contributed by atoms with Crippen molar-refractivity contribution in [2.24, 2.45) is 5.73 Å². The van der Waals surface area contributed by atoms with Crippen molar-refractivity contribution >= 4 is 44.5 Å². The number of methoxy groups -OCH3 is 1. The van der Waals surface area contributed by atoms with Gasteiger partial charge in [-0.05, 0) is 36.4 Å². The maximum atomic E-state index is 14.0. The Morgan fingerprint density at radius 1 is 1.25 bits per heavy atom. The Bertz CT molecular complexity index is 664. The number of nitrogens with one attached hydrogen (secondary N) is 1. The lowest BCUT2D eigenvalue weighted by Crippen LogP contribution is -2.10. The van der Waals surface area contributed by atoms with Crippen LogP contribution in [0.15, 0.2) is 40.9 Å². The van der Waals surface area contributed by atoms with Gasteiger partial charge in [-0.3, -0.25) is 0 Å². The SMILES string of the molecule is COc1ccc(Br)cc1Nc1ccc(C(N)=S)cc1F. The van der Waals surface area contributed by atoms with Crippen molar-refractivity contribution in [1.29, 1.82) is 0 Å². The van der Waals surface area contributed by atoms with Crippen molar-refractivity contribution in [3.63, 3.8) is 0 Å². The Morgan fingerprint density at radius 3 is 2.60 bits per heavy atom. The molecule has 0 saturated carbocycles. The molecule has 2 rings (SSSR count). The van der Waals surface area contributed by atoms with Crippen LogP contribution in [0.25, 0.3) is 0 Å². The number of thiocarbonyl (C=S) groups is 1. The molecule has 0 unspecified atom stereocenters. The van der Waals surface area contributed by atoms with Crippen molar-refractivity contribution < 1.29 is 9.13 Å². The van der Waals surface area contributed by atoms with Crippen LogP contribution in [-0.4, -0.2) is 12.1 Å². The standard InChI is InChI=1S/C14H12BrFN2OS/c1-19-13-5-3-9(15)7-12(13)18-11-4-2-8(14(17)20)6-10(11)16/h2-7,18H,1H3,(H2,17,20). The first-order chi connectivity index (χ1) is 9.51. The predicted octanol–water partition coefficient (Wildman–Crippen LogP) is 3.97. The summed E-state index contributed by atoms with van der Waals surface area (Å²) in [5.41, 5.74) is 6.94. The highest BCUT2D eigenvalue weighted by Gasteiger charge is 2.09. The molecule has 104 valence electrons. The summed E-state index contributed by atoms with van der Waals surface area (Å²) in [6.45, 7) is 0. The molecule has 0 aliphatic carbocycles. The monoisotopic (exact) mass is 354 g/mol. The van der Waals surface area contributed by atoms with E-state index in [0.29, 0.717) is 22.7 Å². The van der Waals surface area contributed by atoms with Gasteiger partial charge in [-0.15, -0.1) is 0 Å². The molecular formula is C14H12BrFN2OS. The summed E-state index contributed by atoms with van der Waals surface area (Å²) in [7, 11) is 1.56. The summed E-state index contributed by atoms with van der Waals surface area (Å²) in [6.07, 6.45) is 0. The molecule has 0 saturated heterocycles. The molecule has 0 aliphatic rings. The van der Waals surface area contributed by atoms with Gasteiger partial charge in [0.05, 0.1) is 18.5 Å². The van der Waals surface area contributed by atoms with Gasteiger partial charge in [-0.2, -0.15) is 0 Å². The second kappa shape index (κ2) is 6.19. The van der Waals surface area contributed by atoms with Crippen molar-refractivity contribution in [3.05, 3.63) is 52.3 Å². The van der Waals surface area contributed by atoms with Gasteiger partial charge in [-0.25, -0.2) is 4.39 Å². The number of nitrogens with two attached hydrogens (primary N) is 1. The fraction of sp³-hybridized carbons (Fsp3) is 0.0714. The number of hydrogen-bond donors (Lipinski definition) is 2. The molecule has 6 heteroatoms. The first-order valence-electron chi connectivity index (χ1n) is 5.71. The van der Waals surface area contributed by atoms with Crippen LogP contribution in [0.5, 0.6) is 5.75 Å². The van der Waals surface area contributed by atoms with Crippen molar-refractivity contribution in [1.82, 2.24) is 0 Å². The zero-order chi connectivity index (χ0) is 14.7. The zero-order valence-corrected chi connectivity index (χ0v) is 13.0. The quantitative estimate of drug-likeness (QED) is 0.815. The molecule has 0 atom stereocenters. The minimum absolute atomic E-state index is 0.162. The van der Waals surface area contributed by atoms with Crippen LogP contribution in [-0.2, 0) is 0 Å². The number of ether oxygens (including phenoxy) is 1. The fourth-order valence-corrected chi connectivity index (χ4v) is 2.18. The van der Waals surface area contributed by atoms with Gasteiger partial charge in [0.25, 0.3) is 0 Å². The topological polar surface area (TPSA) is 47.3 Å².